The lowest BCUT2D eigenvalue weighted by atomic mass is 9.98. The Labute approximate surface area is 193 Å². The fraction of sp³-hybridized carbons (Fsp3) is 0.423. The zero-order chi connectivity index (χ0) is 23.4. The van der Waals surface area contributed by atoms with E-state index in [0.29, 0.717) is 25.2 Å². The summed E-state index contributed by atoms with van der Waals surface area (Å²) in [6.07, 6.45) is 2.79. The molecular weight excluding hydrogens is 420 g/mol. The van der Waals surface area contributed by atoms with Gasteiger partial charge in [0.1, 0.15) is 18.7 Å². The molecule has 0 bridgehead atoms. The minimum Gasteiger partial charge on any atom is -0.480 e. The lowest BCUT2D eigenvalue weighted by molar-refractivity contribution is -0.142. The van der Waals surface area contributed by atoms with E-state index < -0.39 is 30.1 Å². The number of nitrogens with one attached hydrogen (secondary N) is 2. The summed E-state index contributed by atoms with van der Waals surface area (Å²) >= 11 is 0. The summed E-state index contributed by atoms with van der Waals surface area (Å²) in [7, 11) is 0. The molecular formula is C26H30N2O5. The molecule has 33 heavy (non-hydrogen) atoms. The maximum Gasteiger partial charge on any atom is 0.407 e. The quantitative estimate of drug-likeness (QED) is 0.506. The predicted molar refractivity (Wildman–Crippen MR) is 124 cm³/mol. The first-order chi connectivity index (χ1) is 16.0. The van der Waals surface area contributed by atoms with Crippen molar-refractivity contribution in [3.63, 3.8) is 0 Å². The summed E-state index contributed by atoms with van der Waals surface area (Å²) < 4.78 is 5.58. The highest BCUT2D eigenvalue weighted by Gasteiger charge is 2.33. The summed E-state index contributed by atoms with van der Waals surface area (Å²) in [5, 5.41) is 14.6. The Morgan fingerprint density at radius 1 is 0.970 bits per heavy atom. The van der Waals surface area contributed by atoms with Crippen LogP contribution in [0.2, 0.25) is 0 Å². The van der Waals surface area contributed by atoms with E-state index in [1.807, 2.05) is 43.3 Å². The first-order valence-corrected chi connectivity index (χ1v) is 11.6. The largest absolute Gasteiger partial charge is 0.480 e. The Bertz CT molecular complexity index is 987. The number of carboxylic acids is 1. The number of aliphatic carboxylic acids is 1. The van der Waals surface area contributed by atoms with Gasteiger partial charge in [0.15, 0.2) is 0 Å². The second-order valence-corrected chi connectivity index (χ2v) is 8.89. The lowest BCUT2D eigenvalue weighted by Crippen LogP contribution is -2.52. The van der Waals surface area contributed by atoms with Crippen LogP contribution in [0.1, 0.15) is 56.1 Å². The van der Waals surface area contributed by atoms with Crippen LogP contribution in [0, 0.1) is 5.92 Å². The number of fused-ring (bicyclic) bond motifs is 3. The second-order valence-electron chi connectivity index (χ2n) is 8.89. The predicted octanol–water partition coefficient (Wildman–Crippen LogP) is 4.06. The van der Waals surface area contributed by atoms with Crippen LogP contribution in [0.4, 0.5) is 4.79 Å². The van der Waals surface area contributed by atoms with Crippen molar-refractivity contribution < 1.29 is 24.2 Å². The van der Waals surface area contributed by atoms with Crippen LogP contribution < -0.4 is 10.6 Å². The van der Waals surface area contributed by atoms with Gasteiger partial charge in [-0.1, -0.05) is 74.7 Å². The molecule has 2 aliphatic carbocycles. The highest BCUT2D eigenvalue weighted by Crippen LogP contribution is 2.44. The standard InChI is InChI=1S/C26H30N2O5/c1-2-7-22(25(30)31)27-24(29)23(14-16-12-13-16)28-26(32)33-15-21-19-10-5-3-8-17(19)18-9-4-6-11-20(18)21/h3-6,8-11,16,21-23H,2,7,12-15H2,1H3,(H,27,29)(H,28,32)(H,30,31)/t22-,23?/m0/s1. The van der Waals surface area contributed by atoms with Gasteiger partial charge in [-0.15, -0.1) is 0 Å². The number of alkyl carbamates (subject to hydrolysis) is 1. The zero-order valence-electron chi connectivity index (χ0n) is 18.8. The van der Waals surface area contributed by atoms with Gasteiger partial charge in [-0.05, 0) is 41.0 Å². The van der Waals surface area contributed by atoms with Gasteiger partial charge in [0.05, 0.1) is 0 Å². The molecule has 4 rings (SSSR count). The Hall–Kier alpha value is -3.35. The Kier molecular flexibility index (Phi) is 6.96. The summed E-state index contributed by atoms with van der Waals surface area (Å²) in [6, 6.07) is 14.4. The average molecular weight is 451 g/mol. The van der Waals surface area contributed by atoms with Crippen LogP contribution in [0.15, 0.2) is 48.5 Å². The molecule has 7 nitrogen and oxygen atoms in total. The van der Waals surface area contributed by atoms with Gasteiger partial charge in [-0.3, -0.25) is 4.79 Å². The van der Waals surface area contributed by atoms with Crippen molar-refractivity contribution in [3.8, 4) is 11.1 Å². The summed E-state index contributed by atoms with van der Waals surface area (Å²) in [4.78, 5) is 36.9. The number of carbonyl (C=O) groups excluding carboxylic acids is 2. The first kappa shape index (κ1) is 22.8. The van der Waals surface area contributed by atoms with Gasteiger partial charge in [0, 0.05) is 5.92 Å². The van der Waals surface area contributed by atoms with Crippen LogP contribution in [-0.2, 0) is 14.3 Å². The van der Waals surface area contributed by atoms with Crippen molar-refractivity contribution in [2.24, 2.45) is 5.92 Å². The fourth-order valence-corrected chi connectivity index (χ4v) is 4.52. The minimum atomic E-state index is -1.07. The molecule has 174 valence electrons. The fourth-order valence-electron chi connectivity index (χ4n) is 4.52. The molecule has 1 saturated carbocycles. The molecule has 3 N–H and O–H groups in total. The van der Waals surface area contributed by atoms with E-state index in [4.69, 9.17) is 4.74 Å². The maximum atomic E-state index is 12.8. The SMILES string of the molecule is CCC[C@H](NC(=O)C(CC1CC1)NC(=O)OCC1c2ccccc2-c2ccccc21)C(=O)O. The number of carboxylic acid groups (broad SMARTS) is 1. The third-order valence-electron chi connectivity index (χ3n) is 6.41. The van der Waals surface area contributed by atoms with Gasteiger partial charge in [-0.2, -0.15) is 0 Å². The Balaban J connectivity index is 1.40. The van der Waals surface area contributed by atoms with E-state index in [1.165, 1.54) is 0 Å². The number of hydrogen-bond donors (Lipinski definition) is 3. The molecule has 7 heteroatoms. The van der Waals surface area contributed by atoms with E-state index in [0.717, 1.165) is 35.1 Å². The zero-order valence-corrected chi connectivity index (χ0v) is 18.8. The Morgan fingerprint density at radius 3 is 2.12 bits per heavy atom. The van der Waals surface area contributed by atoms with E-state index in [-0.39, 0.29) is 12.5 Å². The average Bonchev–Trinajstić information content (AvgIpc) is 3.57. The van der Waals surface area contributed by atoms with E-state index in [2.05, 4.69) is 22.8 Å². The Morgan fingerprint density at radius 2 is 1.58 bits per heavy atom. The molecule has 0 spiro atoms. The molecule has 0 saturated heterocycles. The summed E-state index contributed by atoms with van der Waals surface area (Å²) in [5.74, 6) is -1.25. The van der Waals surface area contributed by atoms with Crippen molar-refractivity contribution in [2.75, 3.05) is 6.61 Å². The van der Waals surface area contributed by atoms with E-state index in [9.17, 15) is 19.5 Å². The number of ether oxygens (including phenoxy) is 1. The third-order valence-corrected chi connectivity index (χ3v) is 6.41. The summed E-state index contributed by atoms with van der Waals surface area (Å²) in [5.41, 5.74) is 4.51. The molecule has 2 amide bonds. The van der Waals surface area contributed by atoms with Crippen LogP contribution in [0.25, 0.3) is 11.1 Å². The number of carbonyl (C=O) groups is 3. The number of amides is 2. The molecule has 1 fully saturated rings. The molecule has 2 aromatic rings. The smallest absolute Gasteiger partial charge is 0.407 e. The number of hydrogen-bond acceptors (Lipinski definition) is 4. The minimum absolute atomic E-state index is 0.0696. The normalized spacial score (nSPS) is 16.3. The lowest BCUT2D eigenvalue weighted by Gasteiger charge is -2.22. The molecule has 0 radical (unpaired) electrons. The van der Waals surface area contributed by atoms with Crippen LogP contribution in [0.5, 0.6) is 0 Å². The molecule has 1 unspecified atom stereocenters. The monoisotopic (exact) mass is 450 g/mol. The van der Waals surface area contributed by atoms with Crippen molar-refractivity contribution in [3.05, 3.63) is 59.7 Å². The van der Waals surface area contributed by atoms with Crippen molar-refractivity contribution in [1.29, 1.82) is 0 Å². The van der Waals surface area contributed by atoms with Gasteiger partial charge in [-0.25, -0.2) is 9.59 Å². The van der Waals surface area contributed by atoms with Gasteiger partial charge in [0.25, 0.3) is 0 Å². The molecule has 0 heterocycles. The molecule has 0 aliphatic heterocycles. The highest BCUT2D eigenvalue weighted by molar-refractivity contribution is 5.89. The van der Waals surface area contributed by atoms with Crippen molar-refractivity contribution in [2.45, 2.75) is 57.0 Å². The third kappa shape index (κ3) is 5.35. The highest BCUT2D eigenvalue weighted by atomic mass is 16.5. The van der Waals surface area contributed by atoms with Gasteiger partial charge in [0.2, 0.25) is 5.91 Å². The van der Waals surface area contributed by atoms with Crippen LogP contribution in [0.3, 0.4) is 0 Å². The van der Waals surface area contributed by atoms with Crippen molar-refractivity contribution >= 4 is 18.0 Å². The van der Waals surface area contributed by atoms with E-state index >= 15 is 0 Å². The second kappa shape index (κ2) is 10.1. The topological polar surface area (TPSA) is 105 Å². The number of rotatable bonds is 10. The summed E-state index contributed by atoms with van der Waals surface area (Å²) in [6.45, 7) is 2.02. The van der Waals surface area contributed by atoms with Crippen LogP contribution in [-0.4, -0.2) is 41.8 Å². The maximum absolute atomic E-state index is 12.8. The number of benzene rings is 2. The molecule has 2 aromatic carbocycles. The molecule has 0 aromatic heterocycles. The van der Waals surface area contributed by atoms with E-state index in [1.54, 1.807) is 0 Å². The first-order valence-electron chi connectivity index (χ1n) is 11.6. The molecule has 2 atom stereocenters. The van der Waals surface area contributed by atoms with Crippen molar-refractivity contribution in [1.82, 2.24) is 10.6 Å². The van der Waals surface area contributed by atoms with Gasteiger partial charge < -0.3 is 20.5 Å². The molecule has 2 aliphatic rings. The van der Waals surface area contributed by atoms with Crippen LogP contribution >= 0.6 is 0 Å². The van der Waals surface area contributed by atoms with Gasteiger partial charge >= 0.3 is 12.1 Å².